The molecule has 0 aromatic heterocycles. The van der Waals surface area contributed by atoms with Crippen molar-refractivity contribution in [2.45, 2.75) is 0 Å². The first-order valence-corrected chi connectivity index (χ1v) is 6.31. The quantitative estimate of drug-likeness (QED) is 0.520. The van der Waals surface area contributed by atoms with Gasteiger partial charge in [0.2, 0.25) is 5.78 Å². The highest BCUT2D eigenvalue weighted by Crippen LogP contribution is 2.15. The number of ether oxygens (including phenoxy) is 1. The number of Topliss-reactive ketones (excluding diaryl/α,β-unsaturated/α-hetero) is 1. The van der Waals surface area contributed by atoms with Gasteiger partial charge in [0.25, 0.3) is 0 Å². The maximum Gasteiger partial charge on any atom is 0.224 e. The lowest BCUT2D eigenvalue weighted by molar-refractivity contribution is 0.106. The fraction of sp³-hybridized carbons (Fsp3) is 0.0667. The SMILES string of the molecule is COc1ccc(N/N=C(/Cl)C(=O)c2ccccc2)cc1. The standard InChI is InChI=1S/C15H13ClN2O2/c1-20-13-9-7-12(8-10-13)17-18-15(16)14(19)11-5-3-2-4-6-11/h2-10,17H,1H3/b18-15+. The number of hydrazone groups is 1. The lowest BCUT2D eigenvalue weighted by Crippen LogP contribution is -2.09. The van der Waals surface area contributed by atoms with Crippen LogP contribution in [0.25, 0.3) is 0 Å². The van der Waals surface area contributed by atoms with E-state index in [0.717, 1.165) is 5.75 Å². The molecule has 4 nitrogen and oxygen atoms in total. The van der Waals surface area contributed by atoms with Crippen molar-refractivity contribution in [1.82, 2.24) is 0 Å². The molecule has 1 N–H and O–H groups in total. The number of anilines is 1. The number of benzene rings is 2. The lowest BCUT2D eigenvalue weighted by Gasteiger charge is -2.03. The van der Waals surface area contributed by atoms with Crippen LogP contribution < -0.4 is 10.2 Å². The number of ketones is 1. The summed E-state index contributed by atoms with van der Waals surface area (Å²) >= 11 is 5.89. The molecule has 0 radical (unpaired) electrons. The van der Waals surface area contributed by atoms with Crippen molar-refractivity contribution < 1.29 is 9.53 Å². The van der Waals surface area contributed by atoms with E-state index in [2.05, 4.69) is 10.5 Å². The number of halogens is 1. The Kier molecular flexibility index (Phi) is 4.74. The summed E-state index contributed by atoms with van der Waals surface area (Å²) in [4.78, 5) is 11.9. The zero-order valence-corrected chi connectivity index (χ0v) is 11.6. The number of rotatable bonds is 5. The van der Waals surface area contributed by atoms with Gasteiger partial charge < -0.3 is 4.74 Å². The molecule has 0 aliphatic heterocycles. The van der Waals surface area contributed by atoms with E-state index in [-0.39, 0.29) is 11.0 Å². The molecule has 0 saturated carbocycles. The van der Waals surface area contributed by atoms with Gasteiger partial charge in [0.15, 0.2) is 5.17 Å². The first-order valence-electron chi connectivity index (χ1n) is 5.93. The summed E-state index contributed by atoms with van der Waals surface area (Å²) in [5.74, 6) is 0.416. The Morgan fingerprint density at radius 1 is 1.10 bits per heavy atom. The molecule has 0 amide bonds. The van der Waals surface area contributed by atoms with Crippen LogP contribution >= 0.6 is 11.6 Å². The van der Waals surface area contributed by atoms with Crippen molar-refractivity contribution in [3.8, 4) is 5.75 Å². The van der Waals surface area contributed by atoms with Crippen molar-refractivity contribution in [1.29, 1.82) is 0 Å². The predicted molar refractivity (Wildman–Crippen MR) is 80.7 cm³/mol. The maximum absolute atomic E-state index is 11.9. The van der Waals surface area contributed by atoms with Crippen LogP contribution in [-0.4, -0.2) is 18.1 Å². The Morgan fingerprint density at radius 2 is 1.75 bits per heavy atom. The third-order valence-electron chi connectivity index (χ3n) is 2.60. The number of carbonyl (C=O) groups is 1. The van der Waals surface area contributed by atoms with Crippen LogP contribution in [0.2, 0.25) is 0 Å². The van der Waals surface area contributed by atoms with Gasteiger partial charge in [-0.25, -0.2) is 0 Å². The van der Waals surface area contributed by atoms with E-state index in [4.69, 9.17) is 16.3 Å². The van der Waals surface area contributed by atoms with Crippen molar-refractivity contribution in [3.05, 3.63) is 60.2 Å². The second-order valence-electron chi connectivity index (χ2n) is 3.94. The molecule has 2 rings (SSSR count). The van der Waals surface area contributed by atoms with Gasteiger partial charge in [-0.05, 0) is 24.3 Å². The Labute approximate surface area is 122 Å². The fourth-order valence-corrected chi connectivity index (χ4v) is 1.69. The summed E-state index contributed by atoms with van der Waals surface area (Å²) in [7, 11) is 1.59. The van der Waals surface area contributed by atoms with Gasteiger partial charge >= 0.3 is 0 Å². The zero-order chi connectivity index (χ0) is 14.4. The van der Waals surface area contributed by atoms with Gasteiger partial charge in [-0.2, -0.15) is 5.10 Å². The molecule has 0 bridgehead atoms. The number of methoxy groups -OCH3 is 1. The molecule has 0 aliphatic carbocycles. The lowest BCUT2D eigenvalue weighted by atomic mass is 10.1. The maximum atomic E-state index is 11.9. The van der Waals surface area contributed by atoms with Crippen LogP contribution in [-0.2, 0) is 0 Å². The Balaban J connectivity index is 2.05. The van der Waals surface area contributed by atoms with Gasteiger partial charge in [-0.3, -0.25) is 10.2 Å². The number of hydrogen-bond donors (Lipinski definition) is 1. The number of nitrogens with zero attached hydrogens (tertiary/aromatic N) is 1. The normalized spacial score (nSPS) is 11.0. The van der Waals surface area contributed by atoms with E-state index in [1.807, 2.05) is 6.07 Å². The van der Waals surface area contributed by atoms with Gasteiger partial charge in [-0.1, -0.05) is 41.9 Å². The van der Waals surface area contributed by atoms with Gasteiger partial charge in [-0.15, -0.1) is 0 Å². The fourth-order valence-electron chi connectivity index (χ4n) is 1.54. The highest BCUT2D eigenvalue weighted by atomic mass is 35.5. The summed E-state index contributed by atoms with van der Waals surface area (Å²) in [6.07, 6.45) is 0. The smallest absolute Gasteiger partial charge is 0.224 e. The Hall–Kier alpha value is -2.33. The molecular weight excluding hydrogens is 276 g/mol. The number of hydrogen-bond acceptors (Lipinski definition) is 4. The van der Waals surface area contributed by atoms with Crippen LogP contribution in [0.15, 0.2) is 59.7 Å². The summed E-state index contributed by atoms with van der Waals surface area (Å²) in [5, 5.41) is 3.75. The molecule has 2 aromatic carbocycles. The average Bonchev–Trinajstić information content (AvgIpc) is 2.53. The monoisotopic (exact) mass is 288 g/mol. The minimum Gasteiger partial charge on any atom is -0.497 e. The molecule has 0 fully saturated rings. The first kappa shape index (κ1) is 14.1. The largest absolute Gasteiger partial charge is 0.497 e. The van der Waals surface area contributed by atoms with Gasteiger partial charge in [0.1, 0.15) is 5.75 Å². The van der Waals surface area contributed by atoms with Crippen molar-refractivity contribution in [3.63, 3.8) is 0 Å². The molecule has 0 saturated heterocycles. The predicted octanol–water partition coefficient (Wildman–Crippen LogP) is 3.54. The molecule has 0 aliphatic rings. The van der Waals surface area contributed by atoms with Crippen LogP contribution in [0.1, 0.15) is 10.4 Å². The summed E-state index contributed by atoms with van der Waals surface area (Å²) in [5.41, 5.74) is 3.94. The topological polar surface area (TPSA) is 50.7 Å². The first-order chi connectivity index (χ1) is 9.70. The third kappa shape index (κ3) is 3.59. The molecule has 5 heteroatoms. The molecule has 0 unspecified atom stereocenters. The molecule has 0 heterocycles. The molecule has 0 spiro atoms. The van der Waals surface area contributed by atoms with Crippen molar-refractivity contribution in [2.24, 2.45) is 5.10 Å². The highest BCUT2D eigenvalue weighted by Gasteiger charge is 2.10. The summed E-state index contributed by atoms with van der Waals surface area (Å²) in [6.45, 7) is 0. The molecule has 20 heavy (non-hydrogen) atoms. The Morgan fingerprint density at radius 3 is 2.35 bits per heavy atom. The Bertz CT molecular complexity index is 610. The third-order valence-corrected chi connectivity index (χ3v) is 2.85. The van der Waals surface area contributed by atoms with E-state index < -0.39 is 0 Å². The summed E-state index contributed by atoms with van der Waals surface area (Å²) in [6, 6.07) is 15.9. The minimum atomic E-state index is -0.326. The van der Waals surface area contributed by atoms with E-state index in [9.17, 15) is 4.79 Å². The average molecular weight is 289 g/mol. The summed E-state index contributed by atoms with van der Waals surface area (Å²) < 4.78 is 5.05. The second-order valence-corrected chi connectivity index (χ2v) is 4.30. The van der Waals surface area contributed by atoms with Gasteiger partial charge in [0, 0.05) is 5.56 Å². The molecule has 102 valence electrons. The van der Waals surface area contributed by atoms with E-state index in [1.54, 1.807) is 55.6 Å². The van der Waals surface area contributed by atoms with E-state index in [0.29, 0.717) is 11.3 Å². The molecule has 2 aromatic rings. The molecular formula is C15H13ClN2O2. The van der Waals surface area contributed by atoms with Crippen LogP contribution in [0.5, 0.6) is 5.75 Å². The zero-order valence-electron chi connectivity index (χ0n) is 10.8. The van der Waals surface area contributed by atoms with E-state index >= 15 is 0 Å². The van der Waals surface area contributed by atoms with Crippen LogP contribution in [0, 0.1) is 0 Å². The van der Waals surface area contributed by atoms with Gasteiger partial charge in [0.05, 0.1) is 12.8 Å². The second kappa shape index (κ2) is 6.73. The highest BCUT2D eigenvalue weighted by molar-refractivity contribution is 6.84. The van der Waals surface area contributed by atoms with E-state index in [1.165, 1.54) is 0 Å². The van der Waals surface area contributed by atoms with Crippen LogP contribution in [0.3, 0.4) is 0 Å². The molecule has 0 atom stereocenters. The van der Waals surface area contributed by atoms with Crippen molar-refractivity contribution in [2.75, 3.05) is 12.5 Å². The van der Waals surface area contributed by atoms with Crippen LogP contribution in [0.4, 0.5) is 5.69 Å². The van der Waals surface area contributed by atoms with Crippen molar-refractivity contribution >= 4 is 28.2 Å². The minimum absolute atomic E-state index is 0.119. The number of carbonyl (C=O) groups excluding carboxylic acids is 1. The number of nitrogens with one attached hydrogen (secondary N) is 1.